The maximum atomic E-state index is 13.1. The first kappa shape index (κ1) is 11.1. The number of carbonyl (C=O) groups is 1. The molecule has 17 heavy (non-hydrogen) atoms. The van der Waals surface area contributed by atoms with Crippen molar-refractivity contribution in [1.82, 2.24) is 0 Å². The van der Waals surface area contributed by atoms with E-state index in [0.717, 1.165) is 12.1 Å². The number of aromatic hydroxyl groups is 2. The molecule has 0 aliphatic heterocycles. The normalized spacial score (nSPS) is 10.2. The Morgan fingerprint density at radius 1 is 1.00 bits per heavy atom. The van der Waals surface area contributed by atoms with Crippen LogP contribution in [0.3, 0.4) is 0 Å². The molecule has 86 valence electrons. The van der Waals surface area contributed by atoms with Crippen LogP contribution < -0.4 is 0 Å². The first-order valence-corrected chi connectivity index (χ1v) is 4.89. The van der Waals surface area contributed by atoms with Gasteiger partial charge in [-0.3, -0.25) is 4.79 Å². The molecule has 0 amide bonds. The highest BCUT2D eigenvalue weighted by Gasteiger charge is 2.08. The van der Waals surface area contributed by atoms with Gasteiger partial charge in [-0.25, -0.2) is 4.39 Å². The van der Waals surface area contributed by atoms with Crippen molar-refractivity contribution in [2.24, 2.45) is 0 Å². The highest BCUT2D eigenvalue weighted by molar-refractivity contribution is 5.83. The number of hydrogen-bond donors (Lipinski definition) is 2. The van der Waals surface area contributed by atoms with E-state index in [1.807, 2.05) is 0 Å². The van der Waals surface area contributed by atoms with Crippen LogP contribution in [0.4, 0.5) is 4.39 Å². The molecule has 0 aliphatic rings. The van der Waals surface area contributed by atoms with Crippen molar-refractivity contribution in [3.63, 3.8) is 0 Å². The van der Waals surface area contributed by atoms with Gasteiger partial charge in [-0.05, 0) is 35.9 Å². The number of phenols is 2. The number of benzene rings is 2. The van der Waals surface area contributed by atoms with E-state index in [4.69, 9.17) is 0 Å². The predicted molar refractivity (Wildman–Crippen MR) is 60.6 cm³/mol. The Bertz CT molecular complexity index is 579. The van der Waals surface area contributed by atoms with Crippen LogP contribution in [0.2, 0.25) is 0 Å². The van der Waals surface area contributed by atoms with Crippen molar-refractivity contribution in [1.29, 1.82) is 0 Å². The van der Waals surface area contributed by atoms with Crippen LogP contribution >= 0.6 is 0 Å². The molecular formula is C13H9FO3. The van der Waals surface area contributed by atoms with Crippen LogP contribution in [-0.4, -0.2) is 16.5 Å². The fourth-order valence-corrected chi connectivity index (χ4v) is 1.56. The lowest BCUT2D eigenvalue weighted by Crippen LogP contribution is -1.86. The zero-order valence-electron chi connectivity index (χ0n) is 8.72. The van der Waals surface area contributed by atoms with Crippen molar-refractivity contribution in [3.8, 4) is 22.6 Å². The van der Waals surface area contributed by atoms with Crippen LogP contribution in [0.25, 0.3) is 11.1 Å². The molecule has 0 heterocycles. The van der Waals surface area contributed by atoms with Crippen LogP contribution in [-0.2, 0) is 0 Å². The summed E-state index contributed by atoms with van der Waals surface area (Å²) in [5.41, 5.74) is 0.821. The first-order valence-electron chi connectivity index (χ1n) is 4.89. The molecule has 2 aromatic carbocycles. The number of aldehydes is 1. The van der Waals surface area contributed by atoms with Gasteiger partial charge in [-0.2, -0.15) is 0 Å². The van der Waals surface area contributed by atoms with Gasteiger partial charge in [0.2, 0.25) is 0 Å². The maximum absolute atomic E-state index is 13.1. The van der Waals surface area contributed by atoms with E-state index in [-0.39, 0.29) is 22.6 Å². The summed E-state index contributed by atoms with van der Waals surface area (Å²) in [5, 5.41) is 18.9. The molecule has 0 saturated carbocycles. The van der Waals surface area contributed by atoms with Crippen LogP contribution in [0.1, 0.15) is 10.4 Å². The molecular weight excluding hydrogens is 223 g/mol. The van der Waals surface area contributed by atoms with E-state index >= 15 is 0 Å². The second-order valence-electron chi connectivity index (χ2n) is 3.55. The summed E-state index contributed by atoms with van der Waals surface area (Å²) in [5.74, 6) is -0.730. The van der Waals surface area contributed by atoms with E-state index in [0.29, 0.717) is 11.8 Å². The van der Waals surface area contributed by atoms with Gasteiger partial charge in [0.15, 0.2) is 6.29 Å². The van der Waals surface area contributed by atoms with E-state index in [2.05, 4.69) is 0 Å². The smallest absolute Gasteiger partial charge is 0.153 e. The molecule has 0 radical (unpaired) electrons. The average molecular weight is 232 g/mol. The molecule has 2 aromatic rings. The molecule has 0 spiro atoms. The molecule has 0 atom stereocenters. The molecule has 0 fully saturated rings. The van der Waals surface area contributed by atoms with Gasteiger partial charge in [0, 0.05) is 5.56 Å². The van der Waals surface area contributed by atoms with Gasteiger partial charge in [0.1, 0.15) is 17.3 Å². The Labute approximate surface area is 96.8 Å². The van der Waals surface area contributed by atoms with E-state index in [9.17, 15) is 19.4 Å². The number of carbonyl (C=O) groups excluding carboxylic acids is 1. The molecule has 2 N–H and O–H groups in total. The Kier molecular flexibility index (Phi) is 2.78. The summed E-state index contributed by atoms with van der Waals surface area (Å²) in [6, 6.07) is 7.74. The SMILES string of the molecule is O=Cc1cc(-c2cc(F)ccc2O)ccc1O. The second kappa shape index (κ2) is 4.25. The third-order valence-corrected chi connectivity index (χ3v) is 2.42. The number of hydrogen-bond acceptors (Lipinski definition) is 3. The number of rotatable bonds is 2. The number of halogens is 1. The van der Waals surface area contributed by atoms with Crippen molar-refractivity contribution in [2.75, 3.05) is 0 Å². The summed E-state index contributed by atoms with van der Waals surface area (Å²) in [6.07, 6.45) is 0.495. The molecule has 0 aromatic heterocycles. The Hall–Kier alpha value is -2.36. The van der Waals surface area contributed by atoms with Gasteiger partial charge >= 0.3 is 0 Å². The minimum atomic E-state index is -0.487. The van der Waals surface area contributed by atoms with Crippen molar-refractivity contribution in [3.05, 3.63) is 47.8 Å². The fraction of sp³-hybridized carbons (Fsp3) is 0. The van der Waals surface area contributed by atoms with Crippen molar-refractivity contribution in [2.45, 2.75) is 0 Å². The summed E-state index contributed by atoms with van der Waals surface area (Å²) in [6.45, 7) is 0. The monoisotopic (exact) mass is 232 g/mol. The van der Waals surface area contributed by atoms with Crippen LogP contribution in [0.15, 0.2) is 36.4 Å². The zero-order chi connectivity index (χ0) is 12.4. The highest BCUT2D eigenvalue weighted by atomic mass is 19.1. The van der Waals surface area contributed by atoms with Gasteiger partial charge in [-0.15, -0.1) is 0 Å². The van der Waals surface area contributed by atoms with E-state index < -0.39 is 5.82 Å². The minimum Gasteiger partial charge on any atom is -0.507 e. The predicted octanol–water partition coefficient (Wildman–Crippen LogP) is 2.72. The molecule has 3 nitrogen and oxygen atoms in total. The van der Waals surface area contributed by atoms with Crippen LogP contribution in [0.5, 0.6) is 11.5 Å². The standard InChI is InChI=1S/C13H9FO3/c14-10-2-4-13(17)11(6-10)8-1-3-12(16)9(5-8)7-15/h1-7,16-17H. The van der Waals surface area contributed by atoms with Gasteiger partial charge in [0.05, 0.1) is 5.56 Å². The summed E-state index contributed by atoms with van der Waals surface area (Å²) < 4.78 is 13.1. The fourth-order valence-electron chi connectivity index (χ4n) is 1.56. The number of phenolic OH excluding ortho intramolecular Hbond substituents is 2. The summed E-state index contributed by atoms with van der Waals surface area (Å²) in [7, 11) is 0. The lowest BCUT2D eigenvalue weighted by atomic mass is 10.0. The van der Waals surface area contributed by atoms with Gasteiger partial charge < -0.3 is 10.2 Å². The van der Waals surface area contributed by atoms with Gasteiger partial charge in [-0.1, -0.05) is 6.07 Å². The lowest BCUT2D eigenvalue weighted by molar-refractivity contribution is 0.112. The molecule has 0 bridgehead atoms. The largest absolute Gasteiger partial charge is 0.507 e. The molecule has 2 rings (SSSR count). The zero-order valence-corrected chi connectivity index (χ0v) is 8.72. The average Bonchev–Trinajstić information content (AvgIpc) is 2.33. The molecule has 0 unspecified atom stereocenters. The first-order chi connectivity index (χ1) is 8.11. The maximum Gasteiger partial charge on any atom is 0.153 e. The van der Waals surface area contributed by atoms with E-state index in [1.54, 1.807) is 0 Å². The minimum absolute atomic E-state index is 0.0889. The topological polar surface area (TPSA) is 57.5 Å². The third kappa shape index (κ3) is 2.10. The van der Waals surface area contributed by atoms with Crippen LogP contribution in [0, 0.1) is 5.82 Å². The highest BCUT2D eigenvalue weighted by Crippen LogP contribution is 2.31. The second-order valence-corrected chi connectivity index (χ2v) is 3.55. The molecule has 0 saturated heterocycles. The quantitative estimate of drug-likeness (QED) is 0.782. The summed E-state index contributed by atoms with van der Waals surface area (Å²) >= 11 is 0. The summed E-state index contributed by atoms with van der Waals surface area (Å²) in [4.78, 5) is 10.7. The Morgan fingerprint density at radius 2 is 1.71 bits per heavy atom. The Balaban J connectivity index is 2.60. The molecule has 0 aliphatic carbocycles. The van der Waals surface area contributed by atoms with Crippen molar-refractivity contribution < 1.29 is 19.4 Å². The lowest BCUT2D eigenvalue weighted by Gasteiger charge is -2.06. The van der Waals surface area contributed by atoms with Gasteiger partial charge in [0.25, 0.3) is 0 Å². The van der Waals surface area contributed by atoms with E-state index in [1.165, 1.54) is 24.3 Å². The van der Waals surface area contributed by atoms with Crippen molar-refractivity contribution >= 4 is 6.29 Å². The Morgan fingerprint density at radius 3 is 2.41 bits per heavy atom. The third-order valence-electron chi connectivity index (χ3n) is 2.42. The molecule has 4 heteroatoms.